The third-order valence-corrected chi connectivity index (χ3v) is 2.25. The van der Waals surface area contributed by atoms with Gasteiger partial charge in [-0.2, -0.15) is 0 Å². The van der Waals surface area contributed by atoms with Crippen LogP contribution in [0.3, 0.4) is 0 Å². The Bertz CT molecular complexity index is 135. The van der Waals surface area contributed by atoms with Crippen molar-refractivity contribution in [1.82, 2.24) is 0 Å². The molecule has 0 aromatic rings. The minimum atomic E-state index is 0.466. The average molecular weight is 184 g/mol. The summed E-state index contributed by atoms with van der Waals surface area (Å²) < 4.78 is 5.30. The third kappa shape index (κ3) is 6.26. The van der Waals surface area contributed by atoms with E-state index in [1.807, 2.05) is 0 Å². The lowest BCUT2D eigenvalue weighted by molar-refractivity contribution is 0.0921. The molecule has 1 fully saturated rings. The molecule has 0 unspecified atom stereocenters. The molecule has 0 radical (unpaired) electrons. The van der Waals surface area contributed by atoms with Crippen LogP contribution in [-0.2, 0) is 4.74 Å². The fraction of sp³-hybridized carbons (Fsp3) is 0.636. The average Bonchev–Trinajstić information content (AvgIpc) is 2.11. The van der Waals surface area contributed by atoms with Crippen molar-refractivity contribution in [3.05, 3.63) is 25.7 Å². The van der Waals surface area contributed by atoms with E-state index in [1.54, 1.807) is 6.26 Å². The molecule has 1 saturated carbocycles. The maximum atomic E-state index is 7.33. The first-order chi connectivity index (χ1) is 6.24. The van der Waals surface area contributed by atoms with Gasteiger partial charge in [0.2, 0.25) is 0 Å². The van der Waals surface area contributed by atoms with E-state index in [9.17, 15) is 0 Å². The van der Waals surface area contributed by atoms with Gasteiger partial charge in [-0.1, -0.05) is 20.1 Å². The van der Waals surface area contributed by atoms with Crippen LogP contribution in [0.25, 0.3) is 0 Å². The van der Waals surface area contributed by atoms with Gasteiger partial charge in [0.25, 0.3) is 0 Å². The smallest absolute Gasteiger partial charge is 0.0978 e. The van der Waals surface area contributed by atoms with Crippen LogP contribution >= 0.6 is 0 Å². The number of hydrogen-bond donors (Lipinski definition) is 1. The van der Waals surface area contributed by atoms with Gasteiger partial charge in [0.15, 0.2) is 0 Å². The highest BCUT2D eigenvalue weighted by Crippen LogP contribution is 2.25. The predicted molar refractivity (Wildman–Crippen MR) is 55.5 cm³/mol. The molecule has 76 valence electrons. The summed E-state index contributed by atoms with van der Waals surface area (Å²) in [5, 5.41) is 7.33. The first-order valence-electron chi connectivity index (χ1n) is 4.76. The van der Waals surface area contributed by atoms with Gasteiger partial charge in [-0.15, -0.1) is 0 Å². The van der Waals surface area contributed by atoms with Crippen molar-refractivity contribution >= 4 is 0 Å². The number of hydrogen-bond acceptors (Lipinski definition) is 2. The third-order valence-electron chi connectivity index (χ3n) is 2.25. The van der Waals surface area contributed by atoms with Gasteiger partial charge >= 0.3 is 0 Å². The number of aliphatic hydroxyl groups excluding tert-OH is 1. The van der Waals surface area contributed by atoms with Gasteiger partial charge in [0.1, 0.15) is 0 Å². The molecule has 0 aliphatic heterocycles. The van der Waals surface area contributed by atoms with Gasteiger partial charge < -0.3 is 9.84 Å². The highest BCUT2D eigenvalue weighted by molar-refractivity contribution is 4.71. The minimum Gasteiger partial charge on any atom is -0.516 e. The van der Waals surface area contributed by atoms with Gasteiger partial charge in [-0.05, 0) is 31.6 Å². The van der Waals surface area contributed by atoms with Crippen LogP contribution in [0.1, 0.15) is 32.6 Å². The zero-order valence-electron chi connectivity index (χ0n) is 8.41. The molecule has 1 aliphatic rings. The summed E-state index contributed by atoms with van der Waals surface area (Å²) in [4.78, 5) is 0. The Hall–Kier alpha value is -0.920. The van der Waals surface area contributed by atoms with E-state index in [-0.39, 0.29) is 0 Å². The standard InChI is InChI=1S/C9H16O.C2H4O/c1-3-10-9-6-4-8(2)5-7-9;1-2-3/h3,8-9H,1,4-7H2,2H3;2-3H,1H2. The summed E-state index contributed by atoms with van der Waals surface area (Å²) in [6.45, 7) is 8.78. The lowest BCUT2D eigenvalue weighted by Gasteiger charge is -2.25. The van der Waals surface area contributed by atoms with Crippen LogP contribution in [0, 0.1) is 5.92 Å². The van der Waals surface area contributed by atoms with Crippen molar-refractivity contribution < 1.29 is 9.84 Å². The summed E-state index contributed by atoms with van der Waals surface area (Å²) in [6.07, 6.45) is 7.85. The zero-order valence-corrected chi connectivity index (χ0v) is 8.41. The summed E-state index contributed by atoms with van der Waals surface area (Å²) >= 11 is 0. The van der Waals surface area contributed by atoms with E-state index in [0.717, 1.165) is 12.2 Å². The highest BCUT2D eigenvalue weighted by Gasteiger charge is 2.17. The number of ether oxygens (including phenoxy) is 1. The van der Waals surface area contributed by atoms with Crippen molar-refractivity contribution in [1.29, 1.82) is 0 Å². The molecule has 2 nitrogen and oxygen atoms in total. The maximum Gasteiger partial charge on any atom is 0.0978 e. The largest absolute Gasteiger partial charge is 0.516 e. The Morgan fingerprint density at radius 1 is 1.23 bits per heavy atom. The SMILES string of the molecule is C=CO.C=COC1CCC(C)CC1. The second-order valence-electron chi connectivity index (χ2n) is 3.37. The molecule has 0 atom stereocenters. The first-order valence-corrected chi connectivity index (χ1v) is 4.76. The van der Waals surface area contributed by atoms with Gasteiger partial charge in [-0.25, -0.2) is 0 Å². The molecule has 0 spiro atoms. The summed E-state index contributed by atoms with van der Waals surface area (Å²) in [6, 6.07) is 0. The Morgan fingerprint density at radius 3 is 2.08 bits per heavy atom. The zero-order chi connectivity index (χ0) is 10.1. The normalized spacial score (nSPS) is 26.5. The van der Waals surface area contributed by atoms with Crippen LogP contribution in [0.5, 0.6) is 0 Å². The molecule has 0 aromatic carbocycles. The molecule has 1 aliphatic carbocycles. The van der Waals surface area contributed by atoms with Crippen molar-refractivity contribution in [3.8, 4) is 0 Å². The summed E-state index contributed by atoms with van der Waals surface area (Å²) in [5.74, 6) is 0.907. The van der Waals surface area contributed by atoms with Crippen molar-refractivity contribution in [3.63, 3.8) is 0 Å². The Kier molecular flexibility index (Phi) is 7.17. The molecule has 0 bridgehead atoms. The van der Waals surface area contributed by atoms with Crippen LogP contribution < -0.4 is 0 Å². The molecule has 1 N–H and O–H groups in total. The maximum absolute atomic E-state index is 7.33. The quantitative estimate of drug-likeness (QED) is 0.666. The molecular formula is C11H20O2. The topological polar surface area (TPSA) is 29.5 Å². The molecule has 0 heterocycles. The Labute approximate surface area is 80.9 Å². The summed E-state index contributed by atoms with van der Waals surface area (Å²) in [5.41, 5.74) is 0. The highest BCUT2D eigenvalue weighted by atomic mass is 16.5. The van der Waals surface area contributed by atoms with Crippen molar-refractivity contribution in [2.75, 3.05) is 0 Å². The predicted octanol–water partition coefficient (Wildman–Crippen LogP) is 3.41. The van der Waals surface area contributed by atoms with E-state index in [4.69, 9.17) is 9.84 Å². The summed E-state index contributed by atoms with van der Waals surface area (Å²) in [7, 11) is 0. The number of rotatable bonds is 2. The van der Waals surface area contributed by atoms with E-state index < -0.39 is 0 Å². The van der Waals surface area contributed by atoms with Crippen LogP contribution in [0.15, 0.2) is 25.7 Å². The van der Waals surface area contributed by atoms with Crippen molar-refractivity contribution in [2.24, 2.45) is 5.92 Å². The molecule has 0 saturated heterocycles. The monoisotopic (exact) mass is 184 g/mol. The van der Waals surface area contributed by atoms with E-state index >= 15 is 0 Å². The molecular weight excluding hydrogens is 164 g/mol. The lowest BCUT2D eigenvalue weighted by Crippen LogP contribution is -2.18. The fourth-order valence-corrected chi connectivity index (χ4v) is 1.50. The van der Waals surface area contributed by atoms with E-state index in [0.29, 0.717) is 6.10 Å². The minimum absolute atomic E-state index is 0.466. The lowest BCUT2D eigenvalue weighted by atomic mass is 9.89. The Balaban J connectivity index is 0.000000424. The van der Waals surface area contributed by atoms with Crippen LogP contribution in [0.4, 0.5) is 0 Å². The van der Waals surface area contributed by atoms with Gasteiger partial charge in [-0.3, -0.25) is 0 Å². The molecule has 1 rings (SSSR count). The van der Waals surface area contributed by atoms with Gasteiger partial charge in [0.05, 0.1) is 18.6 Å². The first kappa shape index (κ1) is 12.1. The Morgan fingerprint density at radius 2 is 1.69 bits per heavy atom. The second-order valence-corrected chi connectivity index (χ2v) is 3.37. The van der Waals surface area contributed by atoms with Crippen LogP contribution in [0.2, 0.25) is 0 Å². The molecule has 13 heavy (non-hydrogen) atoms. The number of aliphatic hydroxyl groups is 1. The second kappa shape index (κ2) is 7.71. The van der Waals surface area contributed by atoms with Gasteiger partial charge in [0, 0.05) is 0 Å². The fourth-order valence-electron chi connectivity index (χ4n) is 1.50. The van der Waals surface area contributed by atoms with E-state index in [1.165, 1.54) is 25.7 Å². The van der Waals surface area contributed by atoms with E-state index in [2.05, 4.69) is 20.1 Å². The molecule has 0 amide bonds. The van der Waals surface area contributed by atoms with Crippen LogP contribution in [-0.4, -0.2) is 11.2 Å². The molecule has 0 aromatic heterocycles. The molecule has 2 heteroatoms. The van der Waals surface area contributed by atoms with Crippen molar-refractivity contribution in [2.45, 2.75) is 38.7 Å².